The SMILES string of the molecule is CC(SCc1ccccc1F)C(=O)O. The summed E-state index contributed by atoms with van der Waals surface area (Å²) < 4.78 is 13.1. The van der Waals surface area contributed by atoms with Crippen molar-refractivity contribution < 1.29 is 14.3 Å². The lowest BCUT2D eigenvalue weighted by Crippen LogP contribution is -2.11. The molecule has 1 atom stereocenters. The van der Waals surface area contributed by atoms with Gasteiger partial charge in [-0.2, -0.15) is 0 Å². The van der Waals surface area contributed by atoms with E-state index >= 15 is 0 Å². The molecule has 1 N–H and O–H groups in total. The van der Waals surface area contributed by atoms with Crippen LogP contribution >= 0.6 is 11.8 Å². The van der Waals surface area contributed by atoms with Crippen LogP contribution in [0, 0.1) is 5.82 Å². The van der Waals surface area contributed by atoms with E-state index in [2.05, 4.69) is 0 Å². The van der Waals surface area contributed by atoms with Crippen LogP contribution < -0.4 is 0 Å². The first kappa shape index (κ1) is 11.0. The quantitative estimate of drug-likeness (QED) is 0.836. The molecule has 76 valence electrons. The molecule has 0 saturated heterocycles. The maximum absolute atomic E-state index is 13.1. The molecule has 14 heavy (non-hydrogen) atoms. The monoisotopic (exact) mass is 214 g/mol. The highest BCUT2D eigenvalue weighted by atomic mass is 32.2. The van der Waals surface area contributed by atoms with Crippen LogP contribution in [0.5, 0.6) is 0 Å². The van der Waals surface area contributed by atoms with Crippen LogP contribution in [0.3, 0.4) is 0 Å². The van der Waals surface area contributed by atoms with Crippen LogP contribution in [-0.4, -0.2) is 16.3 Å². The van der Waals surface area contributed by atoms with E-state index in [-0.39, 0.29) is 5.82 Å². The summed E-state index contributed by atoms with van der Waals surface area (Å²) in [7, 11) is 0. The molecule has 2 nitrogen and oxygen atoms in total. The average molecular weight is 214 g/mol. The largest absolute Gasteiger partial charge is 0.480 e. The van der Waals surface area contributed by atoms with E-state index < -0.39 is 11.2 Å². The summed E-state index contributed by atoms with van der Waals surface area (Å²) in [6, 6.07) is 6.40. The molecule has 1 aromatic rings. The van der Waals surface area contributed by atoms with E-state index in [1.807, 2.05) is 0 Å². The highest BCUT2D eigenvalue weighted by Crippen LogP contribution is 2.19. The van der Waals surface area contributed by atoms with E-state index in [0.717, 1.165) is 0 Å². The fourth-order valence-corrected chi connectivity index (χ4v) is 1.71. The van der Waals surface area contributed by atoms with Gasteiger partial charge in [-0.25, -0.2) is 4.39 Å². The predicted molar refractivity (Wildman–Crippen MR) is 54.8 cm³/mol. The summed E-state index contributed by atoms with van der Waals surface area (Å²) in [4.78, 5) is 10.5. The van der Waals surface area contributed by atoms with Gasteiger partial charge in [-0.1, -0.05) is 18.2 Å². The lowest BCUT2D eigenvalue weighted by Gasteiger charge is -2.06. The van der Waals surface area contributed by atoms with Gasteiger partial charge in [0.2, 0.25) is 0 Å². The highest BCUT2D eigenvalue weighted by molar-refractivity contribution is 7.99. The zero-order chi connectivity index (χ0) is 10.6. The number of aliphatic carboxylic acids is 1. The van der Waals surface area contributed by atoms with Gasteiger partial charge in [-0.05, 0) is 18.6 Å². The van der Waals surface area contributed by atoms with Crippen molar-refractivity contribution in [1.29, 1.82) is 0 Å². The molecule has 0 amide bonds. The predicted octanol–water partition coefficient (Wildman–Crippen LogP) is 2.53. The minimum Gasteiger partial charge on any atom is -0.480 e. The maximum atomic E-state index is 13.1. The summed E-state index contributed by atoms with van der Waals surface area (Å²) in [5, 5.41) is 8.11. The van der Waals surface area contributed by atoms with Gasteiger partial charge in [0.25, 0.3) is 0 Å². The van der Waals surface area contributed by atoms with E-state index in [0.29, 0.717) is 11.3 Å². The van der Waals surface area contributed by atoms with E-state index in [1.54, 1.807) is 25.1 Å². The minimum atomic E-state index is -0.869. The average Bonchev–Trinajstić information content (AvgIpc) is 2.16. The van der Waals surface area contributed by atoms with Gasteiger partial charge < -0.3 is 5.11 Å². The van der Waals surface area contributed by atoms with Crippen molar-refractivity contribution in [2.24, 2.45) is 0 Å². The third-order valence-corrected chi connectivity index (χ3v) is 2.97. The Kier molecular flexibility index (Phi) is 3.95. The first-order chi connectivity index (χ1) is 6.61. The zero-order valence-corrected chi connectivity index (χ0v) is 8.55. The van der Waals surface area contributed by atoms with Gasteiger partial charge in [0.1, 0.15) is 5.82 Å². The molecule has 0 aliphatic heterocycles. The van der Waals surface area contributed by atoms with E-state index in [4.69, 9.17) is 5.11 Å². The number of carbonyl (C=O) groups is 1. The van der Waals surface area contributed by atoms with Gasteiger partial charge in [0, 0.05) is 5.75 Å². The molecule has 4 heteroatoms. The first-order valence-corrected chi connectivity index (χ1v) is 5.24. The number of halogens is 1. The summed E-state index contributed by atoms with van der Waals surface area (Å²) in [5.41, 5.74) is 0.547. The van der Waals surface area contributed by atoms with Crippen molar-refractivity contribution >= 4 is 17.7 Å². The standard InChI is InChI=1S/C10H11FO2S/c1-7(10(12)13)14-6-8-4-2-3-5-9(8)11/h2-5,7H,6H2,1H3,(H,12,13). The van der Waals surface area contributed by atoms with Gasteiger partial charge in [-0.3, -0.25) is 4.79 Å². The van der Waals surface area contributed by atoms with Crippen molar-refractivity contribution in [2.45, 2.75) is 17.9 Å². The van der Waals surface area contributed by atoms with Crippen LogP contribution in [0.2, 0.25) is 0 Å². The number of carboxylic acid groups (broad SMARTS) is 1. The molecule has 1 rings (SSSR count). The summed E-state index contributed by atoms with van der Waals surface area (Å²) in [6.07, 6.45) is 0. The third kappa shape index (κ3) is 3.03. The Morgan fingerprint density at radius 3 is 2.79 bits per heavy atom. The van der Waals surface area contributed by atoms with Gasteiger partial charge in [0.05, 0.1) is 5.25 Å². The van der Waals surface area contributed by atoms with Crippen LogP contribution in [0.1, 0.15) is 12.5 Å². The fraction of sp³-hybridized carbons (Fsp3) is 0.300. The Labute approximate surface area is 86.1 Å². The molecule has 0 fully saturated rings. The zero-order valence-electron chi connectivity index (χ0n) is 7.74. The Bertz CT molecular complexity index is 328. The molecule has 0 spiro atoms. The normalized spacial score (nSPS) is 12.4. The molecule has 0 saturated carbocycles. The van der Waals surface area contributed by atoms with Crippen molar-refractivity contribution in [1.82, 2.24) is 0 Å². The van der Waals surface area contributed by atoms with Gasteiger partial charge >= 0.3 is 5.97 Å². The van der Waals surface area contributed by atoms with Crippen molar-refractivity contribution in [3.05, 3.63) is 35.6 Å². The molecular weight excluding hydrogens is 203 g/mol. The van der Waals surface area contributed by atoms with Crippen LogP contribution in [0.15, 0.2) is 24.3 Å². The van der Waals surface area contributed by atoms with E-state index in [9.17, 15) is 9.18 Å². The molecule has 0 aliphatic rings. The van der Waals surface area contributed by atoms with E-state index in [1.165, 1.54) is 17.8 Å². The molecule has 0 bridgehead atoms. The second-order valence-corrected chi connectivity index (χ2v) is 4.21. The Hall–Kier alpha value is -1.03. The molecule has 0 heterocycles. The summed E-state index contributed by atoms with van der Waals surface area (Å²) >= 11 is 1.21. The van der Waals surface area contributed by atoms with Crippen LogP contribution in [0.4, 0.5) is 4.39 Å². The topological polar surface area (TPSA) is 37.3 Å². The number of benzene rings is 1. The second-order valence-electron chi connectivity index (χ2n) is 2.88. The molecule has 0 radical (unpaired) electrons. The maximum Gasteiger partial charge on any atom is 0.316 e. The number of hydrogen-bond acceptors (Lipinski definition) is 2. The van der Waals surface area contributed by atoms with Crippen LogP contribution in [0.25, 0.3) is 0 Å². The molecule has 1 unspecified atom stereocenters. The number of carboxylic acids is 1. The Balaban J connectivity index is 2.54. The molecule has 0 aromatic heterocycles. The van der Waals surface area contributed by atoms with Gasteiger partial charge in [-0.15, -0.1) is 11.8 Å². The number of thioether (sulfide) groups is 1. The Morgan fingerprint density at radius 2 is 2.21 bits per heavy atom. The lowest BCUT2D eigenvalue weighted by atomic mass is 10.2. The first-order valence-electron chi connectivity index (χ1n) is 4.19. The summed E-state index contributed by atoms with van der Waals surface area (Å²) in [6.45, 7) is 1.59. The summed E-state index contributed by atoms with van der Waals surface area (Å²) in [5.74, 6) is -0.760. The van der Waals surface area contributed by atoms with Crippen molar-refractivity contribution in [3.63, 3.8) is 0 Å². The smallest absolute Gasteiger partial charge is 0.316 e. The Morgan fingerprint density at radius 1 is 1.57 bits per heavy atom. The van der Waals surface area contributed by atoms with Gasteiger partial charge in [0.15, 0.2) is 0 Å². The third-order valence-electron chi connectivity index (χ3n) is 1.79. The fourth-order valence-electron chi connectivity index (χ4n) is 0.902. The minimum absolute atomic E-state index is 0.280. The second kappa shape index (κ2) is 5.00. The molecule has 0 aliphatic carbocycles. The lowest BCUT2D eigenvalue weighted by molar-refractivity contribution is -0.136. The number of hydrogen-bond donors (Lipinski definition) is 1. The molecule has 1 aromatic carbocycles. The highest BCUT2D eigenvalue weighted by Gasteiger charge is 2.11. The number of rotatable bonds is 4. The molecular formula is C10H11FO2S. The van der Waals surface area contributed by atoms with Crippen molar-refractivity contribution in [2.75, 3.05) is 0 Å². The van der Waals surface area contributed by atoms with Crippen LogP contribution in [-0.2, 0) is 10.5 Å². The van der Waals surface area contributed by atoms with Crippen molar-refractivity contribution in [3.8, 4) is 0 Å².